The number of hydrogen-bond acceptors (Lipinski definition) is 3. The third-order valence-electron chi connectivity index (χ3n) is 2.32. The molecule has 5 heteroatoms. The molecule has 94 valence electrons. The van der Waals surface area contributed by atoms with E-state index < -0.39 is 0 Å². The first-order valence-electron chi connectivity index (χ1n) is 5.15. The Morgan fingerprint density at radius 1 is 1.29 bits per heavy atom. The van der Waals surface area contributed by atoms with Gasteiger partial charge >= 0.3 is 0 Å². The molecule has 0 heterocycles. The summed E-state index contributed by atoms with van der Waals surface area (Å²) in [4.78, 5) is 11.9. The number of alkyl halides is 1. The normalized spacial score (nSPS) is 10.1. The molecule has 0 amide bonds. The summed E-state index contributed by atoms with van der Waals surface area (Å²) in [5.74, 6) is 1.26. The Balaban J connectivity index is 3.07. The van der Waals surface area contributed by atoms with Crippen LogP contribution in [0.4, 0.5) is 0 Å². The van der Waals surface area contributed by atoms with E-state index >= 15 is 0 Å². The molecule has 1 rings (SSSR count). The first-order chi connectivity index (χ1) is 8.15. The molecule has 0 aliphatic heterocycles. The van der Waals surface area contributed by atoms with Gasteiger partial charge in [-0.3, -0.25) is 4.79 Å². The summed E-state index contributed by atoms with van der Waals surface area (Å²) in [6.07, 6.45) is 1.01. The summed E-state index contributed by atoms with van der Waals surface area (Å²) in [6.45, 7) is 0. The third kappa shape index (κ3) is 3.27. The lowest BCUT2D eigenvalue weighted by atomic mass is 10.1. The van der Waals surface area contributed by atoms with Gasteiger partial charge in [0.15, 0.2) is 11.5 Å². The number of ketones is 1. The molecule has 0 aliphatic rings. The molecule has 0 saturated carbocycles. The van der Waals surface area contributed by atoms with E-state index in [1.807, 2.05) is 0 Å². The third-order valence-corrected chi connectivity index (χ3v) is 2.95. The van der Waals surface area contributed by atoms with E-state index in [2.05, 4.69) is 0 Å². The van der Waals surface area contributed by atoms with Gasteiger partial charge in [-0.15, -0.1) is 11.6 Å². The Morgan fingerprint density at radius 2 is 2.00 bits per heavy atom. The van der Waals surface area contributed by atoms with E-state index in [-0.39, 0.29) is 5.78 Å². The highest BCUT2D eigenvalue weighted by Crippen LogP contribution is 2.37. The molecule has 0 atom stereocenters. The molecular formula is C12H14Cl2O3. The van der Waals surface area contributed by atoms with Crippen LogP contribution in [0.1, 0.15) is 23.2 Å². The summed E-state index contributed by atoms with van der Waals surface area (Å²) in [5.41, 5.74) is 0.461. The maximum atomic E-state index is 11.9. The van der Waals surface area contributed by atoms with Gasteiger partial charge in [0.2, 0.25) is 0 Å². The minimum atomic E-state index is -0.0351. The number of benzene rings is 1. The van der Waals surface area contributed by atoms with Crippen LogP contribution in [0.2, 0.25) is 5.02 Å². The molecule has 1 aromatic carbocycles. The molecular weight excluding hydrogens is 263 g/mol. The van der Waals surface area contributed by atoms with Crippen LogP contribution in [0.15, 0.2) is 12.1 Å². The average molecular weight is 277 g/mol. The van der Waals surface area contributed by atoms with Crippen molar-refractivity contribution in [2.75, 3.05) is 20.1 Å². The molecule has 0 unspecified atom stereocenters. The summed E-state index contributed by atoms with van der Waals surface area (Å²) in [6, 6.07) is 3.30. The lowest BCUT2D eigenvalue weighted by molar-refractivity contribution is 0.0979. The maximum absolute atomic E-state index is 11.9. The van der Waals surface area contributed by atoms with Crippen LogP contribution in [0, 0.1) is 0 Å². The largest absolute Gasteiger partial charge is 0.495 e. The molecule has 0 saturated heterocycles. The van der Waals surface area contributed by atoms with Crippen molar-refractivity contribution in [3.05, 3.63) is 22.7 Å². The van der Waals surface area contributed by atoms with E-state index in [1.54, 1.807) is 12.1 Å². The van der Waals surface area contributed by atoms with Gasteiger partial charge in [0, 0.05) is 12.3 Å². The summed E-state index contributed by atoms with van der Waals surface area (Å²) >= 11 is 11.6. The lowest BCUT2D eigenvalue weighted by Gasteiger charge is -2.12. The molecule has 0 aromatic heterocycles. The van der Waals surface area contributed by atoms with Crippen LogP contribution in [0.5, 0.6) is 11.5 Å². The smallest absolute Gasteiger partial charge is 0.166 e. The molecule has 0 bridgehead atoms. The predicted octanol–water partition coefficient (Wildman–Crippen LogP) is 3.56. The van der Waals surface area contributed by atoms with Gasteiger partial charge in [0.25, 0.3) is 0 Å². The van der Waals surface area contributed by atoms with E-state index in [1.165, 1.54) is 14.2 Å². The molecule has 0 aliphatic carbocycles. The Hall–Kier alpha value is -0.930. The van der Waals surface area contributed by atoms with Crippen molar-refractivity contribution < 1.29 is 14.3 Å². The number of ether oxygens (including phenoxy) is 2. The van der Waals surface area contributed by atoms with Crippen molar-refractivity contribution in [1.29, 1.82) is 0 Å². The summed E-state index contributed by atoms with van der Waals surface area (Å²) in [5, 5.41) is 0.312. The number of rotatable bonds is 6. The minimum Gasteiger partial charge on any atom is -0.495 e. The monoisotopic (exact) mass is 276 g/mol. The fraction of sp³-hybridized carbons (Fsp3) is 0.417. The predicted molar refractivity (Wildman–Crippen MR) is 68.8 cm³/mol. The first-order valence-corrected chi connectivity index (χ1v) is 6.06. The van der Waals surface area contributed by atoms with Crippen LogP contribution in [-0.2, 0) is 0 Å². The number of halogens is 2. The quantitative estimate of drug-likeness (QED) is 0.589. The van der Waals surface area contributed by atoms with Crippen molar-refractivity contribution >= 4 is 29.0 Å². The van der Waals surface area contributed by atoms with E-state index in [0.29, 0.717) is 40.8 Å². The molecule has 1 aromatic rings. The van der Waals surface area contributed by atoms with Crippen molar-refractivity contribution in [3.63, 3.8) is 0 Å². The summed E-state index contributed by atoms with van der Waals surface area (Å²) < 4.78 is 10.2. The number of hydrogen-bond donors (Lipinski definition) is 0. The topological polar surface area (TPSA) is 35.5 Å². The molecule has 0 N–H and O–H groups in total. The lowest BCUT2D eigenvalue weighted by Crippen LogP contribution is -2.03. The van der Waals surface area contributed by atoms with Crippen LogP contribution in [-0.4, -0.2) is 25.9 Å². The standard InChI is InChI=1S/C12H14Cl2O3/c1-16-10-6-5-8(9(15)4-3-7-13)12(17-2)11(10)14/h5-6H,3-4,7H2,1-2H3. The molecule has 0 radical (unpaired) electrons. The zero-order valence-corrected chi connectivity index (χ0v) is 11.3. The number of carbonyl (C=O) groups is 1. The van der Waals surface area contributed by atoms with Gasteiger partial charge in [-0.1, -0.05) is 11.6 Å². The second-order valence-corrected chi connectivity index (χ2v) is 4.13. The fourth-order valence-electron chi connectivity index (χ4n) is 1.48. The Bertz CT molecular complexity index is 405. The van der Waals surface area contributed by atoms with Crippen molar-refractivity contribution in [3.8, 4) is 11.5 Å². The van der Waals surface area contributed by atoms with Crippen molar-refractivity contribution in [1.82, 2.24) is 0 Å². The van der Waals surface area contributed by atoms with Gasteiger partial charge in [0.05, 0.1) is 19.8 Å². The number of Topliss-reactive ketones (excluding diaryl/α,β-unsaturated/α-hetero) is 1. The van der Waals surface area contributed by atoms with Crippen molar-refractivity contribution in [2.24, 2.45) is 0 Å². The van der Waals surface area contributed by atoms with Gasteiger partial charge in [-0.2, -0.15) is 0 Å². The average Bonchev–Trinajstić information content (AvgIpc) is 2.35. The van der Waals surface area contributed by atoms with Gasteiger partial charge < -0.3 is 9.47 Å². The van der Waals surface area contributed by atoms with Gasteiger partial charge in [-0.25, -0.2) is 0 Å². The Labute approximate surface area is 111 Å². The highest BCUT2D eigenvalue weighted by Gasteiger charge is 2.17. The minimum absolute atomic E-state index is 0.0351. The fourth-order valence-corrected chi connectivity index (χ4v) is 1.93. The Kier molecular flexibility index (Phi) is 5.59. The maximum Gasteiger partial charge on any atom is 0.166 e. The van der Waals surface area contributed by atoms with Gasteiger partial charge in [-0.05, 0) is 18.6 Å². The van der Waals surface area contributed by atoms with Crippen LogP contribution in [0.25, 0.3) is 0 Å². The molecule has 0 fully saturated rings. The first kappa shape index (κ1) is 14.1. The zero-order chi connectivity index (χ0) is 12.8. The van der Waals surface area contributed by atoms with Crippen molar-refractivity contribution in [2.45, 2.75) is 12.8 Å². The van der Waals surface area contributed by atoms with E-state index in [9.17, 15) is 4.79 Å². The van der Waals surface area contributed by atoms with Crippen LogP contribution >= 0.6 is 23.2 Å². The number of methoxy groups -OCH3 is 2. The molecule has 17 heavy (non-hydrogen) atoms. The SMILES string of the molecule is COc1ccc(C(=O)CCCCl)c(OC)c1Cl. The zero-order valence-electron chi connectivity index (χ0n) is 9.76. The van der Waals surface area contributed by atoms with Crippen LogP contribution < -0.4 is 9.47 Å². The second kappa shape index (κ2) is 6.72. The molecule has 3 nitrogen and oxygen atoms in total. The van der Waals surface area contributed by atoms with Gasteiger partial charge in [0.1, 0.15) is 10.8 Å². The van der Waals surface area contributed by atoms with Crippen LogP contribution in [0.3, 0.4) is 0 Å². The van der Waals surface area contributed by atoms with E-state index in [0.717, 1.165) is 0 Å². The highest BCUT2D eigenvalue weighted by molar-refractivity contribution is 6.34. The number of carbonyl (C=O) groups excluding carboxylic acids is 1. The van der Waals surface area contributed by atoms with E-state index in [4.69, 9.17) is 32.7 Å². The molecule has 0 spiro atoms. The Morgan fingerprint density at radius 3 is 2.53 bits per heavy atom. The second-order valence-electron chi connectivity index (χ2n) is 3.38. The summed E-state index contributed by atoms with van der Waals surface area (Å²) in [7, 11) is 2.98. The highest BCUT2D eigenvalue weighted by atomic mass is 35.5.